The summed E-state index contributed by atoms with van der Waals surface area (Å²) in [6.07, 6.45) is 0.323. The van der Waals surface area contributed by atoms with Gasteiger partial charge in [0, 0.05) is 51.8 Å². The summed E-state index contributed by atoms with van der Waals surface area (Å²) in [5, 5.41) is 3.27. The van der Waals surface area contributed by atoms with Crippen LogP contribution in [0, 0.1) is 6.92 Å². The Balaban J connectivity index is 1.42. The third-order valence-electron chi connectivity index (χ3n) is 5.95. The van der Waals surface area contributed by atoms with Gasteiger partial charge in [-0.2, -0.15) is 0 Å². The van der Waals surface area contributed by atoms with Gasteiger partial charge in [0.1, 0.15) is 5.69 Å². The first-order valence-electron chi connectivity index (χ1n) is 10.4. The number of amides is 1. The van der Waals surface area contributed by atoms with Crippen LogP contribution in [0.15, 0.2) is 29.3 Å². The van der Waals surface area contributed by atoms with Gasteiger partial charge in [-0.3, -0.25) is 14.5 Å². The minimum absolute atomic E-state index is 0.0339. The Morgan fingerprint density at radius 2 is 1.87 bits per heavy atom. The van der Waals surface area contributed by atoms with Gasteiger partial charge in [-0.25, -0.2) is 9.98 Å². The third kappa shape index (κ3) is 4.34. The smallest absolute Gasteiger partial charge is 0.269 e. The number of ketones is 1. The van der Waals surface area contributed by atoms with Gasteiger partial charge in [0.05, 0.1) is 27.8 Å². The van der Waals surface area contributed by atoms with Crippen molar-refractivity contribution in [3.63, 3.8) is 0 Å². The van der Waals surface area contributed by atoms with Crippen LogP contribution < -0.4 is 10.2 Å². The lowest BCUT2D eigenvalue weighted by molar-refractivity contribution is -0.112. The molecule has 0 unspecified atom stereocenters. The van der Waals surface area contributed by atoms with Gasteiger partial charge in [-0.1, -0.05) is 17.7 Å². The van der Waals surface area contributed by atoms with E-state index in [2.05, 4.69) is 25.1 Å². The lowest BCUT2D eigenvalue weighted by Gasteiger charge is -2.36. The number of carbonyl (C=O) groups excluding carboxylic acids is 2. The number of fused-ring (bicyclic) bond motifs is 1. The zero-order valence-corrected chi connectivity index (χ0v) is 18.8. The highest BCUT2D eigenvalue weighted by Gasteiger charge is 2.24. The Morgan fingerprint density at radius 3 is 2.55 bits per heavy atom. The summed E-state index contributed by atoms with van der Waals surface area (Å²) in [6.45, 7) is 7.94. The number of benzene rings is 1. The quantitative estimate of drug-likeness (QED) is 0.792. The predicted molar refractivity (Wildman–Crippen MR) is 123 cm³/mol. The van der Waals surface area contributed by atoms with E-state index in [1.165, 1.54) is 0 Å². The first-order valence-corrected chi connectivity index (χ1v) is 10.8. The monoisotopic (exact) mass is 439 g/mol. The van der Waals surface area contributed by atoms with Crippen LogP contribution >= 0.6 is 11.6 Å². The zero-order valence-electron chi connectivity index (χ0n) is 18.0. The maximum Gasteiger partial charge on any atom is 0.269 e. The number of aliphatic imine (C=N–C) groups is 1. The Kier molecular flexibility index (Phi) is 6.07. The molecule has 1 saturated heterocycles. The SMILES string of the molecule is CNC(=O)c1ccc(N2CCN(Cc3ccc4c(c3Cl)CC(=O)C(C)=N4)CC2)c(C)n1. The average molecular weight is 440 g/mol. The molecule has 4 rings (SSSR count). The Bertz CT molecular complexity index is 1070. The summed E-state index contributed by atoms with van der Waals surface area (Å²) >= 11 is 6.66. The number of anilines is 1. The molecular formula is C23H26ClN5O2. The Labute approximate surface area is 187 Å². The number of pyridine rings is 1. The number of Topliss-reactive ketones (excluding diaryl/α,β-unsaturated/α-hetero) is 1. The molecule has 2 aromatic rings. The van der Waals surface area contributed by atoms with E-state index in [1.807, 2.05) is 25.1 Å². The van der Waals surface area contributed by atoms with Crippen LogP contribution in [0.5, 0.6) is 0 Å². The fourth-order valence-electron chi connectivity index (χ4n) is 4.12. The highest BCUT2D eigenvalue weighted by Crippen LogP contribution is 2.34. The third-order valence-corrected chi connectivity index (χ3v) is 6.42. The van der Waals surface area contributed by atoms with Crippen LogP contribution in [0.1, 0.15) is 34.2 Å². The fraction of sp³-hybridized carbons (Fsp3) is 0.391. The van der Waals surface area contributed by atoms with Gasteiger partial charge in [0.15, 0.2) is 5.78 Å². The molecule has 3 heterocycles. The largest absolute Gasteiger partial charge is 0.368 e. The molecule has 0 radical (unpaired) electrons. The van der Waals surface area contributed by atoms with Crippen LogP contribution in [0.4, 0.5) is 11.4 Å². The number of rotatable bonds is 4. The van der Waals surface area contributed by atoms with Crippen LogP contribution in [-0.2, 0) is 17.8 Å². The van der Waals surface area contributed by atoms with Gasteiger partial charge in [0.25, 0.3) is 5.91 Å². The second-order valence-electron chi connectivity index (χ2n) is 7.98. The van der Waals surface area contributed by atoms with Crippen LogP contribution in [0.2, 0.25) is 5.02 Å². The number of nitrogens with zero attached hydrogens (tertiary/aromatic N) is 4. The molecule has 0 bridgehead atoms. The molecule has 0 saturated carbocycles. The van der Waals surface area contributed by atoms with Gasteiger partial charge >= 0.3 is 0 Å². The van der Waals surface area contributed by atoms with Crippen LogP contribution in [-0.4, -0.2) is 60.5 Å². The van der Waals surface area contributed by atoms with Gasteiger partial charge in [-0.05, 0) is 37.6 Å². The van der Waals surface area contributed by atoms with Gasteiger partial charge in [0.2, 0.25) is 0 Å². The number of carbonyl (C=O) groups is 2. The van der Waals surface area contributed by atoms with Gasteiger partial charge in [-0.15, -0.1) is 0 Å². The molecular weight excluding hydrogens is 414 g/mol. The molecule has 1 fully saturated rings. The summed E-state index contributed by atoms with van der Waals surface area (Å²) < 4.78 is 0. The van der Waals surface area contributed by atoms with Crippen LogP contribution in [0.25, 0.3) is 0 Å². The lowest BCUT2D eigenvalue weighted by atomic mass is 9.98. The van der Waals surface area contributed by atoms with E-state index in [0.29, 0.717) is 22.8 Å². The van der Waals surface area contributed by atoms with Crippen LogP contribution in [0.3, 0.4) is 0 Å². The highest BCUT2D eigenvalue weighted by molar-refractivity contribution is 6.42. The molecule has 2 aliphatic rings. The molecule has 0 spiro atoms. The number of aromatic nitrogens is 1. The normalized spacial score (nSPS) is 16.7. The topological polar surface area (TPSA) is 77.9 Å². The molecule has 31 heavy (non-hydrogen) atoms. The van der Waals surface area contributed by atoms with Crippen molar-refractivity contribution in [2.45, 2.75) is 26.8 Å². The molecule has 8 heteroatoms. The number of hydrogen-bond donors (Lipinski definition) is 1. The fourth-order valence-corrected chi connectivity index (χ4v) is 4.40. The molecule has 0 aliphatic carbocycles. The van der Waals surface area contributed by atoms with E-state index in [4.69, 9.17) is 11.6 Å². The van der Waals surface area contributed by atoms with E-state index in [1.54, 1.807) is 20.0 Å². The minimum atomic E-state index is -0.177. The van der Waals surface area contributed by atoms with E-state index in [9.17, 15) is 9.59 Å². The minimum Gasteiger partial charge on any atom is -0.368 e. The second kappa shape index (κ2) is 8.77. The molecule has 1 aromatic carbocycles. The summed E-state index contributed by atoms with van der Waals surface area (Å²) in [5.74, 6) is -0.143. The van der Waals surface area contributed by atoms with Crippen molar-refractivity contribution >= 4 is 40.4 Å². The summed E-state index contributed by atoms with van der Waals surface area (Å²) in [6, 6.07) is 7.73. The Hall–Kier alpha value is -2.77. The van der Waals surface area contributed by atoms with Crippen molar-refractivity contribution in [1.29, 1.82) is 0 Å². The maximum absolute atomic E-state index is 12.1. The first-order chi connectivity index (χ1) is 14.9. The number of piperazine rings is 1. The first kappa shape index (κ1) is 21.5. The molecule has 7 nitrogen and oxygen atoms in total. The zero-order chi connectivity index (χ0) is 22.1. The lowest BCUT2D eigenvalue weighted by Crippen LogP contribution is -2.46. The molecule has 1 amide bonds. The highest BCUT2D eigenvalue weighted by atomic mass is 35.5. The van der Waals surface area contributed by atoms with Crippen molar-refractivity contribution in [2.24, 2.45) is 4.99 Å². The van der Waals surface area contributed by atoms with Gasteiger partial charge < -0.3 is 10.2 Å². The van der Waals surface area contributed by atoms with E-state index in [0.717, 1.165) is 60.9 Å². The maximum atomic E-state index is 12.1. The summed E-state index contributed by atoms with van der Waals surface area (Å²) in [5.41, 5.74) is 5.57. The van der Waals surface area contributed by atoms with Crippen molar-refractivity contribution in [1.82, 2.24) is 15.2 Å². The van der Waals surface area contributed by atoms with Crippen molar-refractivity contribution in [2.75, 3.05) is 38.1 Å². The summed E-state index contributed by atoms with van der Waals surface area (Å²) in [7, 11) is 1.60. The summed E-state index contributed by atoms with van der Waals surface area (Å²) in [4.78, 5) is 37.3. The molecule has 1 aromatic heterocycles. The van der Waals surface area contributed by atoms with Crippen molar-refractivity contribution in [3.05, 3.63) is 51.8 Å². The Morgan fingerprint density at radius 1 is 1.13 bits per heavy atom. The average Bonchev–Trinajstić information content (AvgIpc) is 2.77. The number of halogens is 1. The van der Waals surface area contributed by atoms with E-state index >= 15 is 0 Å². The second-order valence-corrected chi connectivity index (χ2v) is 8.35. The number of nitrogens with one attached hydrogen (secondary N) is 1. The molecule has 2 aliphatic heterocycles. The van der Waals surface area contributed by atoms with E-state index < -0.39 is 0 Å². The molecule has 0 atom stereocenters. The van der Waals surface area contributed by atoms with Crippen molar-refractivity contribution < 1.29 is 9.59 Å². The number of aryl methyl sites for hydroxylation is 1. The van der Waals surface area contributed by atoms with Crippen molar-refractivity contribution in [3.8, 4) is 0 Å². The molecule has 1 N–H and O–H groups in total. The predicted octanol–water partition coefficient (Wildman–Crippen LogP) is 2.94. The van der Waals surface area contributed by atoms with E-state index in [-0.39, 0.29) is 11.7 Å². The number of hydrogen-bond acceptors (Lipinski definition) is 6. The standard InChI is InChI=1S/C23H26ClN5O2/c1-14-20(7-6-19(26-14)23(31)25-3)29-10-8-28(9-11-29)13-16-4-5-18-17(22(16)24)12-21(30)15(2)27-18/h4-7H,8-13H2,1-3H3,(H,25,31). The molecule has 162 valence electrons.